The number of hydrogen-bond donors (Lipinski definition) is 1. The van der Waals surface area contributed by atoms with Crippen molar-refractivity contribution < 1.29 is 23.9 Å². The maximum Gasteiger partial charge on any atom is 0.410 e. The number of piperidine rings is 2. The van der Waals surface area contributed by atoms with Crippen molar-refractivity contribution in [2.24, 2.45) is 11.8 Å². The summed E-state index contributed by atoms with van der Waals surface area (Å²) in [5.41, 5.74) is -0.493. The van der Waals surface area contributed by atoms with E-state index in [2.05, 4.69) is 11.9 Å². The number of nitrogens with zero attached hydrogens (tertiary/aromatic N) is 2. The Morgan fingerprint density at radius 2 is 1.61 bits per heavy atom. The van der Waals surface area contributed by atoms with Gasteiger partial charge in [-0.2, -0.15) is 0 Å². The molecule has 0 spiro atoms. The third-order valence-electron chi connectivity index (χ3n) is 6.47. The molecule has 3 rings (SSSR count). The summed E-state index contributed by atoms with van der Waals surface area (Å²) in [5, 5.41) is 3.23. The number of hydrogen-bond acceptors (Lipinski definition) is 5. The highest BCUT2D eigenvalue weighted by molar-refractivity contribution is 5.87. The molecule has 0 aromatic carbocycles. The maximum atomic E-state index is 12.8. The number of carbonyl (C=O) groups is 3. The predicted octanol–water partition coefficient (Wildman–Crippen LogP) is 2.33. The number of rotatable bonds is 4. The van der Waals surface area contributed by atoms with Crippen molar-refractivity contribution >= 4 is 17.9 Å². The van der Waals surface area contributed by atoms with Gasteiger partial charge in [0.25, 0.3) is 0 Å². The quantitative estimate of drug-likeness (QED) is 0.685. The number of likely N-dealkylation sites (tertiary alicyclic amines) is 2. The summed E-state index contributed by atoms with van der Waals surface area (Å²) in [6.45, 7) is 12.3. The first-order valence-corrected chi connectivity index (χ1v) is 11.5. The lowest BCUT2D eigenvalue weighted by molar-refractivity contribution is -0.132. The van der Waals surface area contributed by atoms with E-state index in [1.165, 1.54) is 6.08 Å². The van der Waals surface area contributed by atoms with Gasteiger partial charge in [0.15, 0.2) is 0 Å². The Kier molecular flexibility index (Phi) is 7.62. The van der Waals surface area contributed by atoms with E-state index in [-0.39, 0.29) is 36.0 Å². The third-order valence-corrected chi connectivity index (χ3v) is 6.47. The lowest BCUT2D eigenvalue weighted by Gasteiger charge is -2.37. The molecule has 8 heteroatoms. The number of ether oxygens (including phenoxy) is 2. The van der Waals surface area contributed by atoms with Crippen LogP contribution in [0.5, 0.6) is 0 Å². The largest absolute Gasteiger partial charge is 0.444 e. The first-order valence-electron chi connectivity index (χ1n) is 11.5. The van der Waals surface area contributed by atoms with Crippen LogP contribution in [-0.2, 0) is 19.1 Å². The molecule has 0 bridgehead atoms. The molecule has 0 saturated carbocycles. The molecule has 3 amide bonds. The smallest absolute Gasteiger partial charge is 0.410 e. The van der Waals surface area contributed by atoms with Crippen molar-refractivity contribution in [1.82, 2.24) is 15.1 Å². The number of nitrogens with one attached hydrogen (secondary N) is 1. The molecule has 3 fully saturated rings. The van der Waals surface area contributed by atoms with Gasteiger partial charge in [0.1, 0.15) is 5.60 Å². The second kappa shape index (κ2) is 10.0. The molecule has 2 atom stereocenters. The lowest BCUT2D eigenvalue weighted by atomic mass is 9.87. The van der Waals surface area contributed by atoms with Gasteiger partial charge in [-0.05, 0) is 64.9 Å². The Morgan fingerprint density at radius 3 is 2.19 bits per heavy atom. The van der Waals surface area contributed by atoms with Crippen LogP contribution in [0.4, 0.5) is 4.79 Å². The molecule has 174 valence electrons. The minimum atomic E-state index is -0.493. The van der Waals surface area contributed by atoms with Gasteiger partial charge >= 0.3 is 6.09 Å². The van der Waals surface area contributed by atoms with Crippen LogP contribution in [0.15, 0.2) is 12.7 Å². The van der Waals surface area contributed by atoms with Gasteiger partial charge in [-0.25, -0.2) is 4.79 Å². The Balaban J connectivity index is 1.46. The summed E-state index contributed by atoms with van der Waals surface area (Å²) in [6, 6.07) is 0.0124. The van der Waals surface area contributed by atoms with Gasteiger partial charge in [0.05, 0.1) is 12.1 Å². The zero-order valence-corrected chi connectivity index (χ0v) is 19.1. The molecule has 3 aliphatic heterocycles. The third kappa shape index (κ3) is 6.21. The lowest BCUT2D eigenvalue weighted by Crippen LogP contribution is -2.50. The van der Waals surface area contributed by atoms with Crippen LogP contribution in [0.25, 0.3) is 0 Å². The van der Waals surface area contributed by atoms with E-state index in [0.717, 1.165) is 19.3 Å². The standard InChI is InChI=1S/C23H37N3O5/c1-5-19(27)25-11-8-17(9-12-25)21(28)24-18-10-15-30-20(18)16-6-13-26(14-7-16)22(29)31-23(2,3)4/h5,16-18,20H,1,6-15H2,2-4H3,(H,24,28)/t18-,20+/m1/s1. The highest BCUT2D eigenvalue weighted by atomic mass is 16.6. The van der Waals surface area contributed by atoms with E-state index >= 15 is 0 Å². The van der Waals surface area contributed by atoms with E-state index in [9.17, 15) is 14.4 Å². The molecule has 0 aromatic heterocycles. The second-order valence-corrected chi connectivity index (χ2v) is 9.85. The Hall–Kier alpha value is -2.09. The van der Waals surface area contributed by atoms with E-state index in [4.69, 9.17) is 9.47 Å². The first-order chi connectivity index (χ1) is 14.7. The highest BCUT2D eigenvalue weighted by Crippen LogP contribution is 2.30. The van der Waals surface area contributed by atoms with Crippen LogP contribution < -0.4 is 5.32 Å². The van der Waals surface area contributed by atoms with Crippen molar-refractivity contribution in [2.75, 3.05) is 32.8 Å². The molecule has 8 nitrogen and oxygen atoms in total. The Morgan fingerprint density at radius 1 is 1.00 bits per heavy atom. The van der Waals surface area contributed by atoms with Crippen LogP contribution in [0, 0.1) is 11.8 Å². The summed E-state index contributed by atoms with van der Waals surface area (Å²) >= 11 is 0. The molecule has 3 heterocycles. The van der Waals surface area contributed by atoms with Crippen molar-refractivity contribution in [2.45, 2.75) is 70.6 Å². The molecule has 3 aliphatic rings. The Bertz CT molecular complexity index is 673. The van der Waals surface area contributed by atoms with Crippen LogP contribution in [0.3, 0.4) is 0 Å². The van der Waals surface area contributed by atoms with Gasteiger partial charge in [-0.1, -0.05) is 6.58 Å². The fourth-order valence-corrected chi connectivity index (χ4v) is 4.76. The molecule has 31 heavy (non-hydrogen) atoms. The maximum absolute atomic E-state index is 12.8. The summed E-state index contributed by atoms with van der Waals surface area (Å²) in [4.78, 5) is 40.4. The zero-order chi connectivity index (χ0) is 22.6. The monoisotopic (exact) mass is 435 g/mol. The summed E-state index contributed by atoms with van der Waals surface area (Å²) in [7, 11) is 0. The Labute approximate surface area is 185 Å². The summed E-state index contributed by atoms with van der Waals surface area (Å²) < 4.78 is 11.5. The molecule has 0 radical (unpaired) electrons. The van der Waals surface area contributed by atoms with Crippen molar-refractivity contribution in [1.29, 1.82) is 0 Å². The predicted molar refractivity (Wildman–Crippen MR) is 116 cm³/mol. The normalized spacial score (nSPS) is 25.9. The van der Waals surface area contributed by atoms with Crippen molar-refractivity contribution in [3.8, 4) is 0 Å². The van der Waals surface area contributed by atoms with Crippen LogP contribution in [-0.4, -0.2) is 78.2 Å². The molecule has 1 N–H and O–H groups in total. The van der Waals surface area contributed by atoms with Gasteiger partial charge in [0, 0.05) is 38.7 Å². The minimum Gasteiger partial charge on any atom is -0.444 e. The van der Waals surface area contributed by atoms with Crippen molar-refractivity contribution in [3.63, 3.8) is 0 Å². The fourth-order valence-electron chi connectivity index (χ4n) is 4.76. The molecule has 0 unspecified atom stereocenters. The number of amides is 3. The molecular weight excluding hydrogens is 398 g/mol. The van der Waals surface area contributed by atoms with Gasteiger partial charge < -0.3 is 24.6 Å². The van der Waals surface area contributed by atoms with Gasteiger partial charge in [-0.15, -0.1) is 0 Å². The second-order valence-electron chi connectivity index (χ2n) is 9.85. The molecule has 0 aliphatic carbocycles. The molecule has 0 aromatic rings. The first kappa shape index (κ1) is 23.6. The van der Waals surface area contributed by atoms with Gasteiger partial charge in [-0.3, -0.25) is 9.59 Å². The van der Waals surface area contributed by atoms with E-state index < -0.39 is 5.60 Å². The minimum absolute atomic E-state index is 0.00725. The van der Waals surface area contributed by atoms with Crippen molar-refractivity contribution in [3.05, 3.63) is 12.7 Å². The van der Waals surface area contributed by atoms with Gasteiger partial charge in [0.2, 0.25) is 11.8 Å². The topological polar surface area (TPSA) is 88.2 Å². The van der Waals surface area contributed by atoms with Crippen LogP contribution in [0.1, 0.15) is 52.9 Å². The van der Waals surface area contributed by atoms with E-state index in [1.54, 1.807) is 9.80 Å². The summed E-state index contributed by atoms with van der Waals surface area (Å²) in [5.74, 6) is 0.251. The fraction of sp³-hybridized carbons (Fsp3) is 0.783. The number of carbonyl (C=O) groups excluding carboxylic acids is 3. The molecular formula is C23H37N3O5. The average Bonchev–Trinajstić information content (AvgIpc) is 3.20. The average molecular weight is 436 g/mol. The SMILES string of the molecule is C=CC(=O)N1CCC(C(=O)N[C@@H]2CCO[C@H]2C2CCN(C(=O)OC(C)(C)C)CC2)CC1. The van der Waals surface area contributed by atoms with Crippen LogP contribution >= 0.6 is 0 Å². The van der Waals surface area contributed by atoms with E-state index in [0.29, 0.717) is 51.5 Å². The summed E-state index contributed by atoms with van der Waals surface area (Å²) in [6.07, 6.45) is 4.93. The molecule has 3 saturated heterocycles. The zero-order valence-electron chi connectivity index (χ0n) is 19.1. The van der Waals surface area contributed by atoms with Crippen LogP contribution in [0.2, 0.25) is 0 Å². The highest BCUT2D eigenvalue weighted by Gasteiger charge is 2.39. The van der Waals surface area contributed by atoms with E-state index in [1.807, 2.05) is 20.8 Å².